The molecule has 2 heterocycles. The number of anilines is 1. The zero-order valence-corrected chi connectivity index (χ0v) is 15.9. The summed E-state index contributed by atoms with van der Waals surface area (Å²) in [5.41, 5.74) is 3.38. The van der Waals surface area contributed by atoms with Crippen molar-refractivity contribution in [3.63, 3.8) is 0 Å². The van der Waals surface area contributed by atoms with E-state index >= 15 is 0 Å². The van der Waals surface area contributed by atoms with Gasteiger partial charge >= 0.3 is 5.69 Å². The summed E-state index contributed by atoms with van der Waals surface area (Å²) >= 11 is 0. The van der Waals surface area contributed by atoms with E-state index in [9.17, 15) is 13.2 Å². The van der Waals surface area contributed by atoms with Crippen LogP contribution in [0.4, 0.5) is 5.69 Å². The lowest BCUT2D eigenvalue weighted by Gasteiger charge is -2.35. The Hall–Kier alpha value is -2.58. The first-order chi connectivity index (χ1) is 13.0. The Balaban J connectivity index is 1.49. The van der Waals surface area contributed by atoms with Crippen molar-refractivity contribution in [3.05, 3.63) is 58.5 Å². The van der Waals surface area contributed by atoms with E-state index in [-0.39, 0.29) is 5.69 Å². The van der Waals surface area contributed by atoms with Crippen molar-refractivity contribution in [2.75, 3.05) is 31.1 Å². The van der Waals surface area contributed by atoms with Crippen LogP contribution >= 0.6 is 0 Å². The van der Waals surface area contributed by atoms with E-state index in [0.29, 0.717) is 31.1 Å². The molecule has 142 valence electrons. The number of rotatable bonds is 4. The summed E-state index contributed by atoms with van der Waals surface area (Å²) in [4.78, 5) is 19.4. The number of aryl methyl sites for hydroxylation is 1. The molecule has 2 N–H and O–H groups in total. The fraction of sp³-hybridized carbons (Fsp3) is 0.316. The highest BCUT2D eigenvalue weighted by Gasteiger charge is 2.28. The van der Waals surface area contributed by atoms with Crippen molar-refractivity contribution in [2.45, 2.75) is 18.2 Å². The molecule has 3 aromatic rings. The minimum absolute atomic E-state index is 0.229. The smallest absolute Gasteiger partial charge is 0.323 e. The van der Waals surface area contributed by atoms with Crippen molar-refractivity contribution in [2.24, 2.45) is 0 Å². The lowest BCUT2D eigenvalue weighted by Crippen LogP contribution is -2.48. The van der Waals surface area contributed by atoms with Gasteiger partial charge in [-0.1, -0.05) is 19.1 Å². The second-order valence-corrected chi connectivity index (χ2v) is 8.64. The van der Waals surface area contributed by atoms with Gasteiger partial charge in [0.15, 0.2) is 0 Å². The third-order valence-electron chi connectivity index (χ3n) is 5.07. The summed E-state index contributed by atoms with van der Waals surface area (Å²) in [6.45, 7) is 4.11. The third-order valence-corrected chi connectivity index (χ3v) is 6.99. The van der Waals surface area contributed by atoms with Gasteiger partial charge in [-0.25, -0.2) is 13.2 Å². The quantitative estimate of drug-likeness (QED) is 0.717. The van der Waals surface area contributed by atoms with E-state index < -0.39 is 10.0 Å². The second kappa shape index (κ2) is 6.86. The molecule has 27 heavy (non-hydrogen) atoms. The van der Waals surface area contributed by atoms with E-state index in [1.54, 1.807) is 16.4 Å². The predicted molar refractivity (Wildman–Crippen MR) is 106 cm³/mol. The zero-order valence-electron chi connectivity index (χ0n) is 15.1. The van der Waals surface area contributed by atoms with Crippen molar-refractivity contribution >= 4 is 26.7 Å². The van der Waals surface area contributed by atoms with Crippen molar-refractivity contribution in [1.29, 1.82) is 0 Å². The van der Waals surface area contributed by atoms with Crippen LogP contribution in [-0.4, -0.2) is 48.9 Å². The minimum atomic E-state index is -3.47. The SMILES string of the molecule is CCc1ccc(S(=O)(=O)N2CCN(c3ccc4[nH]c(=O)[nH]c4c3)CC2)cc1. The van der Waals surface area contributed by atoms with Crippen molar-refractivity contribution in [3.8, 4) is 0 Å². The number of piperazine rings is 1. The monoisotopic (exact) mass is 386 g/mol. The summed E-state index contributed by atoms with van der Waals surface area (Å²) in [7, 11) is -3.47. The number of fused-ring (bicyclic) bond motifs is 1. The highest BCUT2D eigenvalue weighted by atomic mass is 32.2. The Labute approximate surface area is 157 Å². The molecule has 0 amide bonds. The molecule has 0 atom stereocenters. The standard InChI is InChI=1S/C19H22N4O3S/c1-2-14-3-6-16(7-4-14)27(25,26)23-11-9-22(10-12-23)15-5-8-17-18(13-15)21-19(24)20-17/h3-8,13H,2,9-12H2,1H3,(H2,20,21,24). The fourth-order valence-corrected chi connectivity index (χ4v) is 4.87. The number of imidazole rings is 1. The molecule has 7 nitrogen and oxygen atoms in total. The Bertz CT molecular complexity index is 1110. The van der Waals surface area contributed by atoms with E-state index in [2.05, 4.69) is 14.9 Å². The highest BCUT2D eigenvalue weighted by molar-refractivity contribution is 7.89. The van der Waals surface area contributed by atoms with Gasteiger partial charge in [-0.3, -0.25) is 0 Å². The number of H-pyrrole nitrogens is 2. The van der Waals surface area contributed by atoms with Gasteiger partial charge in [0.1, 0.15) is 0 Å². The number of hydrogen-bond acceptors (Lipinski definition) is 4. The first-order valence-corrected chi connectivity index (χ1v) is 10.5. The van der Waals surface area contributed by atoms with Crippen LogP contribution in [-0.2, 0) is 16.4 Å². The first-order valence-electron chi connectivity index (χ1n) is 9.03. The molecule has 0 spiro atoms. The normalized spacial score (nSPS) is 16.1. The predicted octanol–water partition coefficient (Wildman–Crippen LogP) is 1.93. The largest absolute Gasteiger partial charge is 0.369 e. The van der Waals surface area contributed by atoms with E-state index in [4.69, 9.17) is 0 Å². The molecule has 8 heteroatoms. The Morgan fingerprint density at radius 3 is 2.26 bits per heavy atom. The molecule has 1 aromatic heterocycles. The average molecular weight is 386 g/mol. The average Bonchev–Trinajstić information content (AvgIpc) is 3.07. The number of sulfonamides is 1. The van der Waals surface area contributed by atoms with Crippen molar-refractivity contribution < 1.29 is 8.42 Å². The molecule has 0 saturated carbocycles. The number of hydrogen-bond donors (Lipinski definition) is 2. The lowest BCUT2D eigenvalue weighted by atomic mass is 10.2. The molecule has 0 bridgehead atoms. The van der Waals surface area contributed by atoms with Crippen LogP contribution < -0.4 is 10.6 Å². The summed E-state index contributed by atoms with van der Waals surface area (Å²) in [6.07, 6.45) is 0.885. The summed E-state index contributed by atoms with van der Waals surface area (Å²) in [5.74, 6) is 0. The summed E-state index contributed by atoms with van der Waals surface area (Å²) in [5, 5.41) is 0. The molecular weight excluding hydrogens is 364 g/mol. The number of nitrogens with one attached hydrogen (secondary N) is 2. The summed E-state index contributed by atoms with van der Waals surface area (Å²) in [6, 6.07) is 12.8. The molecule has 1 aliphatic rings. The topological polar surface area (TPSA) is 89.3 Å². The first kappa shape index (κ1) is 17.8. The molecular formula is C19H22N4O3S. The van der Waals surface area contributed by atoms with Gasteiger partial charge in [0.2, 0.25) is 10.0 Å². The number of benzene rings is 2. The van der Waals surface area contributed by atoms with Crippen LogP contribution in [0.2, 0.25) is 0 Å². The molecule has 1 aliphatic heterocycles. The van der Waals surface area contributed by atoms with Crippen LogP contribution in [0.25, 0.3) is 11.0 Å². The van der Waals surface area contributed by atoms with Crippen LogP contribution in [0.15, 0.2) is 52.2 Å². The van der Waals surface area contributed by atoms with Gasteiger partial charge in [0.05, 0.1) is 15.9 Å². The molecule has 0 aliphatic carbocycles. The number of aromatic nitrogens is 2. The van der Waals surface area contributed by atoms with Gasteiger partial charge in [0.25, 0.3) is 0 Å². The highest BCUT2D eigenvalue weighted by Crippen LogP contribution is 2.23. The van der Waals surface area contributed by atoms with Crippen LogP contribution in [0.5, 0.6) is 0 Å². The Morgan fingerprint density at radius 2 is 1.59 bits per heavy atom. The number of aromatic amines is 2. The second-order valence-electron chi connectivity index (χ2n) is 6.70. The molecule has 0 unspecified atom stereocenters. The van der Waals surface area contributed by atoms with Crippen LogP contribution in [0, 0.1) is 0 Å². The Morgan fingerprint density at radius 1 is 0.926 bits per heavy atom. The molecule has 1 fully saturated rings. The van der Waals surface area contributed by atoms with Crippen molar-refractivity contribution in [1.82, 2.24) is 14.3 Å². The molecule has 0 radical (unpaired) electrons. The number of nitrogens with zero attached hydrogens (tertiary/aromatic N) is 2. The molecule has 1 saturated heterocycles. The minimum Gasteiger partial charge on any atom is -0.369 e. The lowest BCUT2D eigenvalue weighted by molar-refractivity contribution is 0.385. The Kier molecular flexibility index (Phi) is 4.53. The van der Waals surface area contributed by atoms with Gasteiger partial charge < -0.3 is 14.9 Å². The maximum absolute atomic E-state index is 12.9. The maximum Gasteiger partial charge on any atom is 0.323 e. The van der Waals surface area contributed by atoms with Gasteiger partial charge in [0, 0.05) is 31.9 Å². The third kappa shape index (κ3) is 3.38. The van der Waals surface area contributed by atoms with E-state index in [1.807, 2.05) is 37.3 Å². The maximum atomic E-state index is 12.9. The van der Waals surface area contributed by atoms with E-state index in [1.165, 1.54) is 0 Å². The molecule has 4 rings (SSSR count). The fourth-order valence-electron chi connectivity index (χ4n) is 3.45. The van der Waals surface area contributed by atoms with E-state index in [0.717, 1.165) is 28.7 Å². The summed E-state index contributed by atoms with van der Waals surface area (Å²) < 4.78 is 27.3. The van der Waals surface area contributed by atoms with Crippen LogP contribution in [0.1, 0.15) is 12.5 Å². The van der Waals surface area contributed by atoms with Crippen LogP contribution in [0.3, 0.4) is 0 Å². The van der Waals surface area contributed by atoms with Gasteiger partial charge in [-0.05, 0) is 42.3 Å². The zero-order chi connectivity index (χ0) is 19.0. The van der Waals surface area contributed by atoms with Gasteiger partial charge in [-0.15, -0.1) is 0 Å². The molecule has 2 aromatic carbocycles. The van der Waals surface area contributed by atoms with Gasteiger partial charge in [-0.2, -0.15) is 4.31 Å².